The number of carbonyl (C=O) groups is 1. The Kier molecular flexibility index (Phi) is 6.26. The lowest BCUT2D eigenvalue weighted by molar-refractivity contribution is 0.102. The van der Waals surface area contributed by atoms with Crippen molar-refractivity contribution in [2.75, 3.05) is 5.32 Å². The van der Waals surface area contributed by atoms with Crippen molar-refractivity contribution in [3.05, 3.63) is 95.4 Å². The van der Waals surface area contributed by atoms with Crippen LogP contribution in [0.4, 0.5) is 5.69 Å². The van der Waals surface area contributed by atoms with Crippen LogP contribution in [0.25, 0.3) is 5.65 Å². The molecule has 0 aliphatic heterocycles. The SMILES string of the molecule is CC(C)c1cccc(C(C)C)c1NC(=O)c1cccc(OCc2cn3ccccc3n2)c1. The molecule has 4 aromatic rings. The second kappa shape index (κ2) is 9.27. The van der Waals surface area contributed by atoms with E-state index in [0.29, 0.717) is 29.8 Å². The van der Waals surface area contributed by atoms with E-state index in [1.54, 1.807) is 12.1 Å². The Bertz CT molecular complexity index is 1180. The minimum atomic E-state index is -0.141. The van der Waals surface area contributed by atoms with Gasteiger partial charge in [-0.05, 0) is 53.3 Å². The molecular weight excluding hydrogens is 398 g/mol. The Morgan fingerprint density at radius 2 is 1.69 bits per heavy atom. The molecule has 164 valence electrons. The highest BCUT2D eigenvalue weighted by Crippen LogP contribution is 2.32. The topological polar surface area (TPSA) is 55.6 Å². The first-order chi connectivity index (χ1) is 15.4. The monoisotopic (exact) mass is 427 g/mol. The molecule has 5 heteroatoms. The predicted octanol–water partition coefficient (Wildman–Crippen LogP) is 6.41. The first-order valence-electron chi connectivity index (χ1n) is 11.0. The average Bonchev–Trinajstić information content (AvgIpc) is 3.21. The molecule has 0 fully saturated rings. The highest BCUT2D eigenvalue weighted by atomic mass is 16.5. The van der Waals surface area contributed by atoms with Crippen molar-refractivity contribution in [1.82, 2.24) is 9.38 Å². The van der Waals surface area contributed by atoms with E-state index in [2.05, 4.69) is 56.2 Å². The van der Waals surface area contributed by atoms with Gasteiger partial charge < -0.3 is 14.5 Å². The molecule has 1 N–H and O–H groups in total. The Hall–Kier alpha value is -3.60. The normalized spacial score (nSPS) is 11.3. The van der Waals surface area contributed by atoms with Crippen LogP contribution in [0.1, 0.15) is 66.7 Å². The van der Waals surface area contributed by atoms with Gasteiger partial charge in [-0.25, -0.2) is 4.98 Å². The summed E-state index contributed by atoms with van der Waals surface area (Å²) in [5.41, 5.74) is 5.47. The maximum Gasteiger partial charge on any atom is 0.255 e. The summed E-state index contributed by atoms with van der Waals surface area (Å²) < 4.78 is 7.89. The van der Waals surface area contributed by atoms with E-state index in [9.17, 15) is 4.79 Å². The number of fused-ring (bicyclic) bond motifs is 1. The van der Waals surface area contributed by atoms with Crippen LogP contribution in [-0.4, -0.2) is 15.3 Å². The lowest BCUT2D eigenvalue weighted by Gasteiger charge is -2.20. The number of anilines is 1. The third kappa shape index (κ3) is 4.67. The zero-order valence-electron chi connectivity index (χ0n) is 19.0. The summed E-state index contributed by atoms with van der Waals surface area (Å²) in [7, 11) is 0. The number of carbonyl (C=O) groups excluding carboxylic acids is 1. The lowest BCUT2D eigenvalue weighted by atomic mass is 9.92. The maximum absolute atomic E-state index is 13.1. The molecule has 0 aliphatic rings. The number of hydrogen-bond acceptors (Lipinski definition) is 3. The molecular formula is C27H29N3O2. The summed E-state index contributed by atoms with van der Waals surface area (Å²) >= 11 is 0. The van der Waals surface area contributed by atoms with Crippen LogP contribution >= 0.6 is 0 Å². The number of aromatic nitrogens is 2. The third-order valence-electron chi connectivity index (χ3n) is 5.51. The third-order valence-corrected chi connectivity index (χ3v) is 5.51. The summed E-state index contributed by atoms with van der Waals surface area (Å²) in [5, 5.41) is 3.17. The van der Waals surface area contributed by atoms with Gasteiger partial charge in [-0.1, -0.05) is 58.0 Å². The van der Waals surface area contributed by atoms with Gasteiger partial charge in [0.05, 0.1) is 5.69 Å². The van der Waals surface area contributed by atoms with E-state index in [-0.39, 0.29) is 5.91 Å². The standard InChI is InChI=1S/C27H29N3O2/c1-18(2)23-11-8-12-24(19(3)4)26(23)29-27(31)20-9-7-10-22(15-20)32-17-21-16-30-14-6-5-13-25(30)28-21/h5-16,18-19H,17H2,1-4H3,(H,29,31). The van der Waals surface area contributed by atoms with Crippen molar-refractivity contribution in [1.29, 1.82) is 0 Å². The van der Waals surface area contributed by atoms with Crippen molar-refractivity contribution in [3.8, 4) is 5.75 Å². The summed E-state index contributed by atoms with van der Waals surface area (Å²) in [4.78, 5) is 17.7. The minimum Gasteiger partial charge on any atom is -0.487 e. The molecule has 2 aromatic heterocycles. The van der Waals surface area contributed by atoms with E-state index in [4.69, 9.17) is 4.74 Å². The number of imidazole rings is 1. The molecule has 0 bridgehead atoms. The molecule has 0 atom stereocenters. The van der Waals surface area contributed by atoms with E-state index < -0.39 is 0 Å². The Balaban J connectivity index is 1.51. The average molecular weight is 428 g/mol. The quantitative estimate of drug-likeness (QED) is 0.371. The van der Waals surface area contributed by atoms with Crippen molar-refractivity contribution in [2.24, 2.45) is 0 Å². The molecule has 0 spiro atoms. The molecule has 1 amide bonds. The number of benzene rings is 2. The van der Waals surface area contributed by atoms with E-state index in [0.717, 1.165) is 28.2 Å². The minimum absolute atomic E-state index is 0.141. The Morgan fingerprint density at radius 3 is 2.38 bits per heavy atom. The van der Waals surface area contributed by atoms with E-state index in [1.165, 1.54) is 0 Å². The summed E-state index contributed by atoms with van der Waals surface area (Å²) in [5.74, 6) is 1.11. The molecule has 2 heterocycles. The number of pyridine rings is 1. The molecule has 4 rings (SSSR count). The van der Waals surface area contributed by atoms with Gasteiger partial charge in [0.25, 0.3) is 5.91 Å². The largest absolute Gasteiger partial charge is 0.487 e. The zero-order chi connectivity index (χ0) is 22.7. The number of para-hydroxylation sites is 1. The Morgan fingerprint density at radius 1 is 0.969 bits per heavy atom. The number of rotatable bonds is 7. The van der Waals surface area contributed by atoms with Crippen LogP contribution in [0.15, 0.2) is 73.1 Å². The fraction of sp³-hybridized carbons (Fsp3) is 0.259. The fourth-order valence-electron chi connectivity index (χ4n) is 3.82. The first kappa shape index (κ1) is 21.6. The first-order valence-corrected chi connectivity index (χ1v) is 11.0. The molecule has 5 nitrogen and oxygen atoms in total. The van der Waals surface area contributed by atoms with Gasteiger partial charge in [0, 0.05) is 23.6 Å². The number of amides is 1. The van der Waals surface area contributed by atoms with Crippen LogP contribution < -0.4 is 10.1 Å². The zero-order valence-corrected chi connectivity index (χ0v) is 19.0. The summed E-state index contributed by atoms with van der Waals surface area (Å²) in [6.07, 6.45) is 3.90. The van der Waals surface area contributed by atoms with Crippen LogP contribution in [0.2, 0.25) is 0 Å². The van der Waals surface area contributed by atoms with Crippen molar-refractivity contribution < 1.29 is 9.53 Å². The lowest BCUT2D eigenvalue weighted by Crippen LogP contribution is -2.16. The van der Waals surface area contributed by atoms with Crippen molar-refractivity contribution in [3.63, 3.8) is 0 Å². The smallest absolute Gasteiger partial charge is 0.255 e. The van der Waals surface area contributed by atoms with Crippen LogP contribution in [0, 0.1) is 0 Å². The summed E-state index contributed by atoms with van der Waals surface area (Å²) in [6.45, 7) is 8.90. The second-order valence-electron chi connectivity index (χ2n) is 8.59. The molecule has 0 saturated heterocycles. The molecule has 32 heavy (non-hydrogen) atoms. The summed E-state index contributed by atoms with van der Waals surface area (Å²) in [6, 6.07) is 19.4. The highest BCUT2D eigenvalue weighted by Gasteiger charge is 2.17. The number of nitrogens with one attached hydrogen (secondary N) is 1. The molecule has 2 aromatic carbocycles. The number of ether oxygens (including phenoxy) is 1. The molecule has 0 radical (unpaired) electrons. The van der Waals surface area contributed by atoms with Crippen LogP contribution in [0.3, 0.4) is 0 Å². The van der Waals surface area contributed by atoms with Gasteiger partial charge in [-0.15, -0.1) is 0 Å². The molecule has 0 saturated carbocycles. The second-order valence-corrected chi connectivity index (χ2v) is 8.59. The van der Waals surface area contributed by atoms with Gasteiger partial charge in [-0.2, -0.15) is 0 Å². The van der Waals surface area contributed by atoms with Gasteiger partial charge in [0.15, 0.2) is 0 Å². The van der Waals surface area contributed by atoms with Crippen molar-refractivity contribution >= 4 is 17.2 Å². The van der Waals surface area contributed by atoms with Crippen LogP contribution in [-0.2, 0) is 6.61 Å². The fourth-order valence-corrected chi connectivity index (χ4v) is 3.82. The van der Waals surface area contributed by atoms with Gasteiger partial charge in [-0.3, -0.25) is 4.79 Å². The maximum atomic E-state index is 13.1. The molecule has 0 aliphatic carbocycles. The predicted molar refractivity (Wildman–Crippen MR) is 129 cm³/mol. The number of nitrogens with zero attached hydrogens (tertiary/aromatic N) is 2. The van der Waals surface area contributed by atoms with Gasteiger partial charge in [0.1, 0.15) is 18.0 Å². The Labute approximate surface area is 189 Å². The van der Waals surface area contributed by atoms with E-state index >= 15 is 0 Å². The van der Waals surface area contributed by atoms with Crippen LogP contribution in [0.5, 0.6) is 5.75 Å². The van der Waals surface area contributed by atoms with Gasteiger partial charge in [0.2, 0.25) is 0 Å². The number of hydrogen-bond donors (Lipinski definition) is 1. The molecule has 0 unspecified atom stereocenters. The highest BCUT2D eigenvalue weighted by molar-refractivity contribution is 6.05. The van der Waals surface area contributed by atoms with Gasteiger partial charge >= 0.3 is 0 Å². The van der Waals surface area contributed by atoms with Crippen molar-refractivity contribution in [2.45, 2.75) is 46.1 Å². The van der Waals surface area contributed by atoms with E-state index in [1.807, 2.05) is 47.1 Å².